The highest BCUT2D eigenvalue weighted by Crippen LogP contribution is 2.21. The van der Waals surface area contributed by atoms with Crippen molar-refractivity contribution in [2.75, 3.05) is 17.7 Å². The molecule has 3 rings (SSSR count). The smallest absolute Gasteiger partial charge is 0.338 e. The number of ether oxygens (including phenoxy) is 1. The summed E-state index contributed by atoms with van der Waals surface area (Å²) in [5, 5.41) is 16.5. The fourth-order valence-corrected chi connectivity index (χ4v) is 2.79. The molecule has 0 atom stereocenters. The minimum absolute atomic E-state index is 0.142. The van der Waals surface area contributed by atoms with Gasteiger partial charge in [0.15, 0.2) is 0 Å². The normalized spacial score (nSPS) is 10.2. The summed E-state index contributed by atoms with van der Waals surface area (Å²) in [4.78, 5) is 24.3. The molecule has 0 bridgehead atoms. The Morgan fingerprint density at radius 1 is 1.21 bits per heavy atom. The molecular weight excluding hydrogens is 370 g/mol. The highest BCUT2D eigenvalue weighted by atomic mass is 16.5. The number of nitrogens with two attached hydrogens (primary N) is 1. The maximum absolute atomic E-state index is 12.5. The van der Waals surface area contributed by atoms with E-state index >= 15 is 0 Å². The molecule has 3 aromatic rings. The average Bonchev–Trinajstić information content (AvgIpc) is 3.03. The summed E-state index contributed by atoms with van der Waals surface area (Å²) >= 11 is 0. The van der Waals surface area contributed by atoms with Gasteiger partial charge < -0.3 is 15.8 Å². The van der Waals surface area contributed by atoms with E-state index in [0.717, 1.165) is 0 Å². The van der Waals surface area contributed by atoms with Crippen molar-refractivity contribution in [1.29, 1.82) is 5.26 Å². The van der Waals surface area contributed by atoms with Crippen molar-refractivity contribution in [1.82, 2.24) is 9.78 Å². The van der Waals surface area contributed by atoms with Crippen molar-refractivity contribution in [3.8, 4) is 11.8 Å². The van der Waals surface area contributed by atoms with E-state index in [1.165, 1.54) is 10.7 Å². The highest BCUT2D eigenvalue weighted by molar-refractivity contribution is 5.95. The van der Waals surface area contributed by atoms with Crippen molar-refractivity contribution in [3.05, 3.63) is 71.4 Å². The minimum Gasteiger partial charge on any atom is -0.462 e. The first kappa shape index (κ1) is 19.6. The van der Waals surface area contributed by atoms with Crippen LogP contribution in [-0.4, -0.2) is 28.3 Å². The maximum Gasteiger partial charge on any atom is 0.338 e. The van der Waals surface area contributed by atoms with Crippen LogP contribution in [0.25, 0.3) is 5.69 Å². The van der Waals surface area contributed by atoms with Gasteiger partial charge in [0.05, 0.1) is 30.0 Å². The molecule has 146 valence electrons. The highest BCUT2D eigenvalue weighted by Gasteiger charge is 2.19. The number of benzene rings is 2. The maximum atomic E-state index is 12.5. The van der Waals surface area contributed by atoms with Crippen LogP contribution in [0, 0.1) is 11.3 Å². The van der Waals surface area contributed by atoms with Gasteiger partial charge in [-0.15, -0.1) is 0 Å². The molecule has 29 heavy (non-hydrogen) atoms. The molecule has 0 spiro atoms. The van der Waals surface area contributed by atoms with Gasteiger partial charge in [-0.25, -0.2) is 9.48 Å². The van der Waals surface area contributed by atoms with Crippen molar-refractivity contribution < 1.29 is 14.3 Å². The van der Waals surface area contributed by atoms with Crippen LogP contribution < -0.4 is 11.1 Å². The molecule has 0 aliphatic rings. The summed E-state index contributed by atoms with van der Waals surface area (Å²) in [6, 6.07) is 17.5. The van der Waals surface area contributed by atoms with Gasteiger partial charge in [-0.1, -0.05) is 24.3 Å². The number of hydrogen-bond acceptors (Lipinski definition) is 6. The molecule has 0 radical (unpaired) electrons. The summed E-state index contributed by atoms with van der Waals surface area (Å²) in [5.41, 5.74) is 7.94. The monoisotopic (exact) mass is 389 g/mol. The lowest BCUT2D eigenvalue weighted by atomic mass is 10.1. The van der Waals surface area contributed by atoms with E-state index in [4.69, 9.17) is 10.5 Å². The van der Waals surface area contributed by atoms with E-state index < -0.39 is 5.97 Å². The molecule has 1 aromatic heterocycles. The van der Waals surface area contributed by atoms with Gasteiger partial charge in [-0.2, -0.15) is 10.4 Å². The quantitative estimate of drug-likeness (QED) is 0.625. The average molecular weight is 389 g/mol. The van der Waals surface area contributed by atoms with Crippen molar-refractivity contribution in [2.24, 2.45) is 0 Å². The summed E-state index contributed by atoms with van der Waals surface area (Å²) in [6.45, 7) is 1.98. The van der Waals surface area contributed by atoms with Gasteiger partial charge in [0, 0.05) is 5.69 Å². The third-order valence-electron chi connectivity index (χ3n) is 4.09. The summed E-state index contributed by atoms with van der Waals surface area (Å²) < 4.78 is 6.39. The molecule has 0 aliphatic carbocycles. The zero-order valence-corrected chi connectivity index (χ0v) is 15.8. The van der Waals surface area contributed by atoms with Gasteiger partial charge >= 0.3 is 5.97 Å². The summed E-state index contributed by atoms with van der Waals surface area (Å²) in [5.74, 6) is -0.684. The Balaban J connectivity index is 1.79. The topological polar surface area (TPSA) is 123 Å². The first-order valence-electron chi connectivity index (χ1n) is 8.93. The number of nitrogens with one attached hydrogen (secondary N) is 1. The Labute approximate surface area is 167 Å². The van der Waals surface area contributed by atoms with E-state index in [0.29, 0.717) is 16.9 Å². The third kappa shape index (κ3) is 4.42. The number of para-hydroxylation sites is 1. The number of nitriles is 1. The van der Waals surface area contributed by atoms with Crippen LogP contribution in [0.2, 0.25) is 0 Å². The van der Waals surface area contributed by atoms with Crippen molar-refractivity contribution in [2.45, 2.75) is 13.3 Å². The van der Waals surface area contributed by atoms with Gasteiger partial charge in [-0.05, 0) is 37.3 Å². The Kier molecular flexibility index (Phi) is 5.90. The van der Waals surface area contributed by atoms with Gasteiger partial charge in [0.25, 0.3) is 0 Å². The lowest BCUT2D eigenvalue weighted by Gasteiger charge is -2.07. The lowest BCUT2D eigenvalue weighted by molar-refractivity contribution is -0.115. The predicted octanol–water partition coefficient (Wildman–Crippen LogP) is 2.68. The molecule has 3 N–H and O–H groups in total. The molecular formula is C21H19N5O3. The minimum atomic E-state index is -0.468. The predicted molar refractivity (Wildman–Crippen MR) is 107 cm³/mol. The standard InChI is InChI=1S/C21H19N5O3/c1-2-29-21(28)14-7-6-8-15(11-14)24-19(27)12-18-17(13-22)20(23)26(25-18)16-9-4-3-5-10-16/h3-11H,2,12,23H2,1H3,(H,24,27). The van der Waals surface area contributed by atoms with Crippen LogP contribution in [0.5, 0.6) is 0 Å². The van der Waals surface area contributed by atoms with Crippen LogP contribution in [0.4, 0.5) is 11.5 Å². The molecule has 0 saturated heterocycles. The number of esters is 1. The number of amides is 1. The molecule has 0 aliphatic heterocycles. The van der Waals surface area contributed by atoms with Crippen LogP contribution in [0.3, 0.4) is 0 Å². The fraction of sp³-hybridized carbons (Fsp3) is 0.143. The fourth-order valence-electron chi connectivity index (χ4n) is 2.79. The Morgan fingerprint density at radius 2 is 1.97 bits per heavy atom. The summed E-state index contributed by atoms with van der Waals surface area (Å²) in [6.07, 6.45) is -0.142. The second-order valence-corrected chi connectivity index (χ2v) is 6.09. The first-order chi connectivity index (χ1) is 14.0. The van der Waals surface area contributed by atoms with E-state index in [2.05, 4.69) is 10.4 Å². The first-order valence-corrected chi connectivity index (χ1v) is 8.93. The Hall–Kier alpha value is -4.12. The molecule has 0 unspecified atom stereocenters. The molecule has 8 heteroatoms. The van der Waals surface area contributed by atoms with E-state index in [-0.39, 0.29) is 36.0 Å². The van der Waals surface area contributed by atoms with Gasteiger partial charge in [-0.3, -0.25) is 4.79 Å². The second-order valence-electron chi connectivity index (χ2n) is 6.09. The van der Waals surface area contributed by atoms with E-state index in [1.807, 2.05) is 24.3 Å². The van der Waals surface area contributed by atoms with Crippen LogP contribution >= 0.6 is 0 Å². The van der Waals surface area contributed by atoms with Crippen molar-refractivity contribution >= 4 is 23.4 Å². The van der Waals surface area contributed by atoms with Crippen LogP contribution in [-0.2, 0) is 16.0 Å². The van der Waals surface area contributed by atoms with Crippen LogP contribution in [0.1, 0.15) is 28.5 Å². The number of carbonyl (C=O) groups excluding carboxylic acids is 2. The number of rotatable bonds is 6. The number of nitrogens with zero attached hydrogens (tertiary/aromatic N) is 3. The SMILES string of the molecule is CCOC(=O)c1cccc(NC(=O)Cc2nn(-c3ccccc3)c(N)c2C#N)c1. The molecule has 1 heterocycles. The molecule has 8 nitrogen and oxygen atoms in total. The number of nitrogen functional groups attached to an aromatic ring is 1. The second kappa shape index (κ2) is 8.71. The molecule has 1 amide bonds. The number of aromatic nitrogens is 2. The van der Waals surface area contributed by atoms with Gasteiger partial charge in [0.2, 0.25) is 5.91 Å². The Morgan fingerprint density at radius 3 is 2.66 bits per heavy atom. The number of carbonyl (C=O) groups is 2. The largest absolute Gasteiger partial charge is 0.462 e. The zero-order chi connectivity index (χ0) is 20.8. The molecule has 0 saturated carbocycles. The van der Waals surface area contributed by atoms with E-state index in [1.54, 1.807) is 37.3 Å². The van der Waals surface area contributed by atoms with Crippen LogP contribution in [0.15, 0.2) is 54.6 Å². The number of anilines is 2. The van der Waals surface area contributed by atoms with Gasteiger partial charge in [0.1, 0.15) is 17.5 Å². The third-order valence-corrected chi connectivity index (χ3v) is 4.09. The summed E-state index contributed by atoms with van der Waals surface area (Å²) in [7, 11) is 0. The lowest BCUT2D eigenvalue weighted by Crippen LogP contribution is -2.16. The zero-order valence-electron chi connectivity index (χ0n) is 15.8. The molecule has 0 fully saturated rings. The Bertz CT molecular complexity index is 1080. The van der Waals surface area contributed by atoms with E-state index in [9.17, 15) is 14.9 Å². The molecule has 2 aromatic carbocycles. The van der Waals surface area contributed by atoms with Crippen molar-refractivity contribution in [3.63, 3.8) is 0 Å². The number of hydrogen-bond donors (Lipinski definition) is 2.